The average molecular weight is 400 g/mol. The number of carbonyl (C=O) groups excluding carboxylic acids is 2. The first-order valence-corrected chi connectivity index (χ1v) is 10.0. The van der Waals surface area contributed by atoms with E-state index < -0.39 is 0 Å². The summed E-state index contributed by atoms with van der Waals surface area (Å²) in [4.78, 5) is 25.1. The van der Waals surface area contributed by atoms with Crippen LogP contribution in [0.15, 0.2) is 30.6 Å². The standard InChI is InChI=1S/C20H28N6O3/c1-3-10-21-19(27)16-8-9-18(29-2)17(11-16)23-20(28)15-6-4-14(5-7-15)12-26-13-22-24-25-26/h4-7,13,16-18H,3,8-12H2,1-2H3,(H,21,27)(H,23,28)/t16-,17+,18+/m0/s1. The van der Waals surface area contributed by atoms with Gasteiger partial charge in [-0.2, -0.15) is 0 Å². The van der Waals surface area contributed by atoms with Gasteiger partial charge in [-0.25, -0.2) is 4.68 Å². The molecule has 1 fully saturated rings. The molecule has 29 heavy (non-hydrogen) atoms. The number of tetrazole rings is 1. The Balaban J connectivity index is 1.60. The molecule has 0 saturated heterocycles. The van der Waals surface area contributed by atoms with Crippen LogP contribution in [-0.4, -0.2) is 57.8 Å². The Hall–Kier alpha value is -2.81. The van der Waals surface area contributed by atoms with E-state index in [0.29, 0.717) is 25.1 Å². The zero-order chi connectivity index (χ0) is 20.6. The van der Waals surface area contributed by atoms with Gasteiger partial charge < -0.3 is 15.4 Å². The molecule has 3 rings (SSSR count). The lowest BCUT2D eigenvalue weighted by Crippen LogP contribution is -2.50. The van der Waals surface area contributed by atoms with Gasteiger partial charge in [-0.15, -0.1) is 5.10 Å². The summed E-state index contributed by atoms with van der Waals surface area (Å²) < 4.78 is 7.17. The molecule has 1 aliphatic rings. The van der Waals surface area contributed by atoms with Crippen molar-refractivity contribution in [3.8, 4) is 0 Å². The van der Waals surface area contributed by atoms with E-state index in [1.807, 2.05) is 19.1 Å². The summed E-state index contributed by atoms with van der Waals surface area (Å²) in [5, 5.41) is 17.1. The number of hydrogen-bond donors (Lipinski definition) is 2. The smallest absolute Gasteiger partial charge is 0.251 e. The number of carbonyl (C=O) groups is 2. The van der Waals surface area contributed by atoms with Gasteiger partial charge in [-0.3, -0.25) is 9.59 Å². The van der Waals surface area contributed by atoms with E-state index in [2.05, 4.69) is 26.2 Å². The van der Waals surface area contributed by atoms with Crippen molar-refractivity contribution in [3.05, 3.63) is 41.7 Å². The minimum atomic E-state index is -0.195. The molecule has 9 nitrogen and oxygen atoms in total. The van der Waals surface area contributed by atoms with Crippen LogP contribution in [0, 0.1) is 5.92 Å². The predicted octanol–water partition coefficient (Wildman–Crippen LogP) is 1.16. The summed E-state index contributed by atoms with van der Waals surface area (Å²) in [6, 6.07) is 7.13. The fraction of sp³-hybridized carbons (Fsp3) is 0.550. The zero-order valence-corrected chi connectivity index (χ0v) is 16.9. The molecule has 2 aromatic rings. The number of hydrogen-bond acceptors (Lipinski definition) is 6. The predicted molar refractivity (Wildman–Crippen MR) is 106 cm³/mol. The van der Waals surface area contributed by atoms with Crippen LogP contribution in [0.3, 0.4) is 0 Å². The molecule has 0 radical (unpaired) electrons. The number of rotatable bonds is 8. The number of nitrogens with zero attached hydrogens (tertiary/aromatic N) is 4. The summed E-state index contributed by atoms with van der Waals surface area (Å²) in [6.07, 6.45) is 4.46. The normalized spacial score (nSPS) is 21.5. The number of methoxy groups -OCH3 is 1. The highest BCUT2D eigenvalue weighted by molar-refractivity contribution is 5.94. The first kappa shape index (κ1) is 20.9. The summed E-state index contributed by atoms with van der Waals surface area (Å²) in [7, 11) is 1.65. The molecule has 0 bridgehead atoms. The van der Waals surface area contributed by atoms with Crippen molar-refractivity contribution in [2.24, 2.45) is 5.92 Å². The molecule has 0 spiro atoms. The van der Waals surface area contributed by atoms with Gasteiger partial charge in [0.2, 0.25) is 5.91 Å². The summed E-state index contributed by atoms with van der Waals surface area (Å²) in [5.74, 6) is -0.204. The fourth-order valence-corrected chi connectivity index (χ4v) is 3.66. The van der Waals surface area contributed by atoms with Crippen molar-refractivity contribution in [3.63, 3.8) is 0 Å². The van der Waals surface area contributed by atoms with Gasteiger partial charge in [0.25, 0.3) is 5.91 Å². The van der Waals surface area contributed by atoms with Crippen LogP contribution in [0.1, 0.15) is 48.5 Å². The Bertz CT molecular complexity index is 793. The van der Waals surface area contributed by atoms with E-state index in [0.717, 1.165) is 24.8 Å². The topological polar surface area (TPSA) is 111 Å². The van der Waals surface area contributed by atoms with E-state index in [-0.39, 0.29) is 29.9 Å². The molecule has 1 aromatic heterocycles. The van der Waals surface area contributed by atoms with Crippen LogP contribution in [0.4, 0.5) is 0 Å². The molecule has 2 amide bonds. The van der Waals surface area contributed by atoms with Gasteiger partial charge in [0.1, 0.15) is 6.33 Å². The maximum Gasteiger partial charge on any atom is 0.251 e. The van der Waals surface area contributed by atoms with Crippen LogP contribution in [0.5, 0.6) is 0 Å². The van der Waals surface area contributed by atoms with Gasteiger partial charge in [-0.05, 0) is 53.8 Å². The molecule has 1 saturated carbocycles. The molecule has 1 heterocycles. The lowest BCUT2D eigenvalue weighted by atomic mass is 9.83. The van der Waals surface area contributed by atoms with Crippen LogP contribution in [0.2, 0.25) is 0 Å². The Morgan fingerprint density at radius 3 is 2.69 bits per heavy atom. The molecular weight excluding hydrogens is 372 g/mol. The number of amides is 2. The molecule has 156 valence electrons. The Morgan fingerprint density at radius 1 is 1.24 bits per heavy atom. The third kappa shape index (κ3) is 5.60. The Kier molecular flexibility index (Phi) is 7.29. The maximum absolute atomic E-state index is 12.7. The SMILES string of the molecule is CCCNC(=O)[C@H]1CC[C@@H](OC)[C@H](NC(=O)c2ccc(Cn3cnnn3)cc2)C1. The number of aromatic nitrogens is 4. The van der Waals surface area contributed by atoms with Crippen LogP contribution in [-0.2, 0) is 16.1 Å². The van der Waals surface area contributed by atoms with Crippen molar-refractivity contribution in [2.45, 2.75) is 51.3 Å². The van der Waals surface area contributed by atoms with Crippen LogP contribution in [0.25, 0.3) is 0 Å². The van der Waals surface area contributed by atoms with Crippen molar-refractivity contribution < 1.29 is 14.3 Å². The van der Waals surface area contributed by atoms with E-state index in [1.165, 1.54) is 0 Å². The number of ether oxygens (including phenoxy) is 1. The molecular formula is C20H28N6O3. The monoisotopic (exact) mass is 400 g/mol. The lowest BCUT2D eigenvalue weighted by Gasteiger charge is -2.35. The minimum absolute atomic E-state index is 0.0626. The van der Waals surface area contributed by atoms with Gasteiger partial charge in [-0.1, -0.05) is 19.1 Å². The summed E-state index contributed by atoms with van der Waals surface area (Å²) >= 11 is 0. The Morgan fingerprint density at radius 2 is 2.03 bits per heavy atom. The molecule has 3 atom stereocenters. The molecule has 0 aliphatic heterocycles. The Labute approximate surface area is 170 Å². The van der Waals surface area contributed by atoms with Crippen LogP contribution < -0.4 is 10.6 Å². The van der Waals surface area contributed by atoms with E-state index >= 15 is 0 Å². The minimum Gasteiger partial charge on any atom is -0.379 e. The van der Waals surface area contributed by atoms with E-state index in [4.69, 9.17) is 4.74 Å². The highest BCUT2D eigenvalue weighted by atomic mass is 16.5. The molecule has 0 unspecified atom stereocenters. The van der Waals surface area contributed by atoms with Gasteiger partial charge in [0.05, 0.1) is 18.7 Å². The quantitative estimate of drug-likeness (QED) is 0.688. The van der Waals surface area contributed by atoms with Crippen molar-refractivity contribution in [2.75, 3.05) is 13.7 Å². The second kappa shape index (κ2) is 10.1. The zero-order valence-electron chi connectivity index (χ0n) is 16.9. The molecule has 1 aromatic carbocycles. The van der Waals surface area contributed by atoms with Gasteiger partial charge >= 0.3 is 0 Å². The third-order valence-electron chi connectivity index (χ3n) is 5.28. The second-order valence-electron chi connectivity index (χ2n) is 7.36. The van der Waals surface area contributed by atoms with E-state index in [1.54, 1.807) is 30.3 Å². The number of benzene rings is 1. The first-order valence-electron chi connectivity index (χ1n) is 10.0. The fourth-order valence-electron chi connectivity index (χ4n) is 3.66. The molecule has 9 heteroatoms. The van der Waals surface area contributed by atoms with Gasteiger partial charge in [0, 0.05) is 25.1 Å². The third-order valence-corrected chi connectivity index (χ3v) is 5.28. The van der Waals surface area contributed by atoms with Crippen molar-refractivity contribution >= 4 is 11.8 Å². The lowest BCUT2D eigenvalue weighted by molar-refractivity contribution is -0.127. The highest BCUT2D eigenvalue weighted by Crippen LogP contribution is 2.27. The summed E-state index contributed by atoms with van der Waals surface area (Å²) in [5.41, 5.74) is 1.56. The maximum atomic E-state index is 12.7. The molecule has 1 aliphatic carbocycles. The largest absolute Gasteiger partial charge is 0.379 e. The van der Waals surface area contributed by atoms with Gasteiger partial charge in [0.15, 0.2) is 0 Å². The van der Waals surface area contributed by atoms with Crippen LogP contribution >= 0.6 is 0 Å². The first-order chi connectivity index (χ1) is 14.1. The van der Waals surface area contributed by atoms with E-state index in [9.17, 15) is 9.59 Å². The highest BCUT2D eigenvalue weighted by Gasteiger charge is 2.34. The number of nitrogens with one attached hydrogen (secondary N) is 2. The molecule has 2 N–H and O–H groups in total. The van der Waals surface area contributed by atoms with Crippen molar-refractivity contribution in [1.82, 2.24) is 30.8 Å². The average Bonchev–Trinajstić information content (AvgIpc) is 3.25. The van der Waals surface area contributed by atoms with Crippen molar-refractivity contribution in [1.29, 1.82) is 0 Å². The second-order valence-corrected chi connectivity index (χ2v) is 7.36. The summed E-state index contributed by atoms with van der Waals surface area (Å²) in [6.45, 7) is 3.24.